The molecule has 0 aliphatic heterocycles. The summed E-state index contributed by atoms with van der Waals surface area (Å²) in [5.41, 5.74) is 0. The van der Waals surface area contributed by atoms with Crippen molar-refractivity contribution in [3.63, 3.8) is 0 Å². The molecule has 0 bridgehead atoms. The average molecular weight is 210 g/mol. The van der Waals surface area contributed by atoms with Gasteiger partial charge in [0.1, 0.15) is 5.75 Å². The van der Waals surface area contributed by atoms with Crippen molar-refractivity contribution in [2.75, 3.05) is 6.61 Å². The molecule has 0 fully saturated rings. The molecule has 0 aliphatic rings. The number of aliphatic hydroxyl groups is 1. The van der Waals surface area contributed by atoms with Crippen LogP contribution < -0.4 is 4.74 Å². The molecular weight excluding hydrogens is 192 g/mol. The average Bonchev–Trinajstić information content (AvgIpc) is 2.28. The summed E-state index contributed by atoms with van der Waals surface area (Å²) in [5.74, 6) is -0.893. The van der Waals surface area contributed by atoms with Gasteiger partial charge in [-0.2, -0.15) is 0 Å². The van der Waals surface area contributed by atoms with Crippen molar-refractivity contribution >= 4 is 0 Å². The second-order valence-electron chi connectivity index (χ2n) is 3.33. The molecular formula is C12H18O3. The van der Waals surface area contributed by atoms with Crippen LogP contribution in [-0.2, 0) is 4.74 Å². The number of benzene rings is 1. The number of ether oxygens (including phenoxy) is 2. The molecule has 15 heavy (non-hydrogen) atoms. The summed E-state index contributed by atoms with van der Waals surface area (Å²) < 4.78 is 10.7. The highest BCUT2D eigenvalue weighted by Gasteiger charge is 2.27. The summed E-state index contributed by atoms with van der Waals surface area (Å²) >= 11 is 0. The van der Waals surface area contributed by atoms with Crippen LogP contribution in [0.3, 0.4) is 0 Å². The molecule has 0 amide bonds. The highest BCUT2D eigenvalue weighted by Crippen LogP contribution is 2.20. The van der Waals surface area contributed by atoms with Gasteiger partial charge in [-0.25, -0.2) is 0 Å². The van der Waals surface area contributed by atoms with Gasteiger partial charge in [0.15, 0.2) is 0 Å². The van der Waals surface area contributed by atoms with E-state index < -0.39 is 5.97 Å². The van der Waals surface area contributed by atoms with E-state index in [1.807, 2.05) is 32.0 Å². The second-order valence-corrected chi connectivity index (χ2v) is 3.33. The minimum absolute atomic E-state index is 0.391. The topological polar surface area (TPSA) is 38.7 Å². The Morgan fingerprint density at radius 1 is 1.20 bits per heavy atom. The van der Waals surface area contributed by atoms with Gasteiger partial charge in [0.2, 0.25) is 0 Å². The Hall–Kier alpha value is -1.06. The Labute approximate surface area is 90.6 Å². The molecule has 1 N–H and O–H groups in total. The van der Waals surface area contributed by atoms with Crippen LogP contribution in [0.2, 0.25) is 0 Å². The van der Waals surface area contributed by atoms with Crippen LogP contribution in [0.15, 0.2) is 30.3 Å². The van der Waals surface area contributed by atoms with Crippen molar-refractivity contribution in [3.8, 4) is 5.75 Å². The lowest BCUT2D eigenvalue weighted by molar-refractivity contribution is -0.320. The normalized spacial score (nSPS) is 14.6. The molecule has 0 heterocycles. The summed E-state index contributed by atoms with van der Waals surface area (Å²) in [4.78, 5) is 0. The largest absolute Gasteiger partial charge is 0.439 e. The molecule has 1 aromatic carbocycles. The molecule has 0 radical (unpaired) electrons. The number of rotatable bonds is 6. The van der Waals surface area contributed by atoms with E-state index in [2.05, 4.69) is 0 Å². The van der Waals surface area contributed by atoms with Crippen LogP contribution in [0.25, 0.3) is 0 Å². The minimum atomic E-state index is -1.50. The smallest absolute Gasteiger partial charge is 0.324 e. The first kappa shape index (κ1) is 12.0. The van der Waals surface area contributed by atoms with Gasteiger partial charge in [-0.1, -0.05) is 32.0 Å². The van der Waals surface area contributed by atoms with Crippen LogP contribution in [0.1, 0.15) is 26.7 Å². The van der Waals surface area contributed by atoms with Gasteiger partial charge >= 0.3 is 5.97 Å². The lowest BCUT2D eigenvalue weighted by atomic mass is 10.3. The lowest BCUT2D eigenvalue weighted by Gasteiger charge is -2.27. The molecule has 0 aliphatic carbocycles. The molecule has 0 spiro atoms. The minimum Gasteiger partial charge on any atom is -0.439 e. The first-order valence-corrected chi connectivity index (χ1v) is 5.30. The van der Waals surface area contributed by atoms with E-state index in [-0.39, 0.29) is 0 Å². The summed E-state index contributed by atoms with van der Waals surface area (Å²) in [5, 5.41) is 9.96. The third-order valence-corrected chi connectivity index (χ3v) is 2.00. The van der Waals surface area contributed by atoms with Gasteiger partial charge in [0, 0.05) is 6.42 Å². The quantitative estimate of drug-likeness (QED) is 0.733. The molecule has 1 rings (SSSR count). The second kappa shape index (κ2) is 5.73. The van der Waals surface area contributed by atoms with Crippen molar-refractivity contribution in [1.29, 1.82) is 0 Å². The molecule has 0 saturated heterocycles. The van der Waals surface area contributed by atoms with Crippen LogP contribution in [0.5, 0.6) is 5.75 Å². The van der Waals surface area contributed by atoms with Gasteiger partial charge in [-0.15, -0.1) is 0 Å². The van der Waals surface area contributed by atoms with Gasteiger partial charge in [0.25, 0.3) is 0 Å². The monoisotopic (exact) mass is 210 g/mol. The number of para-hydroxylation sites is 1. The fourth-order valence-electron chi connectivity index (χ4n) is 1.14. The number of hydrogen-bond donors (Lipinski definition) is 1. The van der Waals surface area contributed by atoms with Crippen molar-refractivity contribution in [2.45, 2.75) is 32.7 Å². The van der Waals surface area contributed by atoms with Crippen LogP contribution in [-0.4, -0.2) is 17.7 Å². The maximum atomic E-state index is 9.96. The molecule has 0 aromatic heterocycles. The first-order valence-electron chi connectivity index (χ1n) is 5.30. The summed E-state index contributed by atoms with van der Waals surface area (Å²) in [6.07, 6.45) is 1.24. The molecule has 3 nitrogen and oxygen atoms in total. The van der Waals surface area contributed by atoms with E-state index in [1.165, 1.54) is 0 Å². The molecule has 1 atom stereocenters. The van der Waals surface area contributed by atoms with E-state index in [0.717, 1.165) is 6.42 Å². The lowest BCUT2D eigenvalue weighted by Crippen LogP contribution is -2.38. The zero-order valence-electron chi connectivity index (χ0n) is 9.27. The van der Waals surface area contributed by atoms with Gasteiger partial charge < -0.3 is 14.6 Å². The van der Waals surface area contributed by atoms with Gasteiger partial charge in [-0.3, -0.25) is 0 Å². The molecule has 3 heteroatoms. The van der Waals surface area contributed by atoms with Gasteiger partial charge in [-0.05, 0) is 18.6 Å². The van der Waals surface area contributed by atoms with E-state index in [9.17, 15) is 5.11 Å². The maximum Gasteiger partial charge on any atom is 0.324 e. The van der Waals surface area contributed by atoms with E-state index in [4.69, 9.17) is 9.47 Å². The molecule has 0 saturated carbocycles. The van der Waals surface area contributed by atoms with E-state index in [1.54, 1.807) is 12.1 Å². The third kappa shape index (κ3) is 3.90. The van der Waals surface area contributed by atoms with E-state index >= 15 is 0 Å². The summed E-state index contributed by atoms with van der Waals surface area (Å²) in [6.45, 7) is 4.29. The van der Waals surface area contributed by atoms with Crippen LogP contribution in [0.4, 0.5) is 0 Å². The summed E-state index contributed by atoms with van der Waals surface area (Å²) in [7, 11) is 0. The van der Waals surface area contributed by atoms with Crippen molar-refractivity contribution in [1.82, 2.24) is 0 Å². The van der Waals surface area contributed by atoms with Crippen molar-refractivity contribution < 1.29 is 14.6 Å². The van der Waals surface area contributed by atoms with Crippen LogP contribution >= 0.6 is 0 Å². The fourth-order valence-corrected chi connectivity index (χ4v) is 1.14. The Balaban J connectivity index is 2.59. The Morgan fingerprint density at radius 3 is 2.40 bits per heavy atom. The highest BCUT2D eigenvalue weighted by molar-refractivity contribution is 5.21. The standard InChI is InChI=1S/C12H18O3/c1-3-10-14-12(13,4-2)15-11-8-6-5-7-9-11/h5-9,13H,3-4,10H2,1-2H3. The van der Waals surface area contributed by atoms with Crippen LogP contribution in [0, 0.1) is 0 Å². The van der Waals surface area contributed by atoms with Gasteiger partial charge in [0.05, 0.1) is 6.61 Å². The van der Waals surface area contributed by atoms with E-state index in [0.29, 0.717) is 18.8 Å². The maximum absolute atomic E-state index is 9.96. The Kier molecular flexibility index (Phi) is 4.59. The third-order valence-electron chi connectivity index (χ3n) is 2.00. The van der Waals surface area contributed by atoms with Crippen molar-refractivity contribution in [2.24, 2.45) is 0 Å². The molecule has 1 unspecified atom stereocenters. The fraction of sp³-hybridized carbons (Fsp3) is 0.500. The molecule has 84 valence electrons. The predicted octanol–water partition coefficient (Wildman–Crippen LogP) is 2.55. The Bertz CT molecular complexity index is 273. The number of hydrogen-bond acceptors (Lipinski definition) is 3. The summed E-state index contributed by atoms with van der Waals surface area (Å²) in [6, 6.07) is 9.17. The highest BCUT2D eigenvalue weighted by atomic mass is 16.8. The Morgan fingerprint density at radius 2 is 1.87 bits per heavy atom. The SMILES string of the molecule is CCCOC(O)(CC)Oc1ccccc1. The zero-order valence-corrected chi connectivity index (χ0v) is 9.27. The zero-order chi connectivity index (χ0) is 11.1. The first-order chi connectivity index (χ1) is 7.20. The predicted molar refractivity (Wildman–Crippen MR) is 58.6 cm³/mol. The van der Waals surface area contributed by atoms with Crippen molar-refractivity contribution in [3.05, 3.63) is 30.3 Å². The molecule has 1 aromatic rings.